The summed E-state index contributed by atoms with van der Waals surface area (Å²) in [5.41, 5.74) is 1.09. The molecule has 0 radical (unpaired) electrons. The summed E-state index contributed by atoms with van der Waals surface area (Å²) in [6, 6.07) is 10.3. The van der Waals surface area contributed by atoms with E-state index in [4.69, 9.17) is 9.47 Å². The van der Waals surface area contributed by atoms with E-state index in [9.17, 15) is 14.4 Å². The zero-order valence-corrected chi connectivity index (χ0v) is 19.1. The fourth-order valence-electron chi connectivity index (χ4n) is 2.75. The second-order valence-corrected chi connectivity index (χ2v) is 7.66. The van der Waals surface area contributed by atoms with Gasteiger partial charge < -0.3 is 20.1 Å². The monoisotopic (exact) mass is 472 g/mol. The van der Waals surface area contributed by atoms with Crippen molar-refractivity contribution >= 4 is 35.2 Å². The summed E-state index contributed by atoms with van der Waals surface area (Å²) in [6.07, 6.45) is 0.421. The summed E-state index contributed by atoms with van der Waals surface area (Å²) >= 11 is 1.22. The lowest BCUT2D eigenvalue weighted by atomic mass is 10.2. The SMILES string of the molecule is CCOC(=O)CNC(=O)CSc1ccc2nnc(CCNC(=O)c3ccc(OC)cc3)n2n1. The van der Waals surface area contributed by atoms with Gasteiger partial charge in [0.25, 0.3) is 5.91 Å². The maximum absolute atomic E-state index is 12.3. The van der Waals surface area contributed by atoms with Crippen molar-refractivity contribution in [3.8, 4) is 5.75 Å². The van der Waals surface area contributed by atoms with Crippen LogP contribution in [0, 0.1) is 0 Å². The molecule has 3 rings (SSSR count). The lowest BCUT2D eigenvalue weighted by Gasteiger charge is -2.06. The molecule has 3 aromatic rings. The van der Waals surface area contributed by atoms with Crippen molar-refractivity contribution in [2.24, 2.45) is 0 Å². The Labute approximate surface area is 194 Å². The van der Waals surface area contributed by atoms with Crippen LogP contribution in [-0.2, 0) is 20.7 Å². The number of nitrogens with zero attached hydrogens (tertiary/aromatic N) is 4. The summed E-state index contributed by atoms with van der Waals surface area (Å²) in [4.78, 5) is 35.5. The molecular formula is C21H24N6O5S. The molecule has 0 bridgehead atoms. The zero-order valence-electron chi connectivity index (χ0n) is 18.2. The van der Waals surface area contributed by atoms with Crippen molar-refractivity contribution in [2.75, 3.05) is 32.6 Å². The molecule has 0 atom stereocenters. The number of fused-ring (bicyclic) bond motifs is 1. The summed E-state index contributed by atoms with van der Waals surface area (Å²) in [5, 5.41) is 18.6. The van der Waals surface area contributed by atoms with Gasteiger partial charge in [-0.25, -0.2) is 0 Å². The quantitative estimate of drug-likeness (QED) is 0.308. The lowest BCUT2D eigenvalue weighted by Crippen LogP contribution is -2.31. The Morgan fingerprint density at radius 1 is 1.06 bits per heavy atom. The van der Waals surface area contributed by atoms with Gasteiger partial charge in [0.05, 0.1) is 19.5 Å². The summed E-state index contributed by atoms with van der Waals surface area (Å²) < 4.78 is 11.4. The van der Waals surface area contributed by atoms with Crippen LogP contribution in [0.3, 0.4) is 0 Å². The molecule has 0 saturated heterocycles. The predicted molar refractivity (Wildman–Crippen MR) is 120 cm³/mol. The number of carbonyl (C=O) groups is 3. The molecule has 0 fully saturated rings. The first-order valence-electron chi connectivity index (χ1n) is 10.2. The van der Waals surface area contributed by atoms with Crippen LogP contribution < -0.4 is 15.4 Å². The molecule has 33 heavy (non-hydrogen) atoms. The Morgan fingerprint density at radius 2 is 1.85 bits per heavy atom. The van der Waals surface area contributed by atoms with Crippen molar-refractivity contribution in [2.45, 2.75) is 18.4 Å². The van der Waals surface area contributed by atoms with Gasteiger partial charge in [-0.15, -0.1) is 10.2 Å². The molecule has 0 unspecified atom stereocenters. The smallest absolute Gasteiger partial charge is 0.325 e. The normalized spacial score (nSPS) is 10.6. The predicted octanol–water partition coefficient (Wildman–Crippen LogP) is 0.877. The minimum absolute atomic E-state index is 0.0906. The highest BCUT2D eigenvalue weighted by molar-refractivity contribution is 7.99. The van der Waals surface area contributed by atoms with E-state index in [0.29, 0.717) is 40.8 Å². The number of carbonyl (C=O) groups excluding carboxylic acids is 3. The van der Waals surface area contributed by atoms with Gasteiger partial charge in [-0.1, -0.05) is 11.8 Å². The number of amides is 2. The Balaban J connectivity index is 1.52. The number of ether oxygens (including phenoxy) is 2. The highest BCUT2D eigenvalue weighted by Gasteiger charge is 2.12. The van der Waals surface area contributed by atoms with Crippen LogP contribution in [0.4, 0.5) is 0 Å². The van der Waals surface area contributed by atoms with E-state index < -0.39 is 5.97 Å². The molecule has 2 N–H and O–H groups in total. The van der Waals surface area contributed by atoms with Gasteiger partial charge in [0, 0.05) is 18.5 Å². The van der Waals surface area contributed by atoms with Gasteiger partial charge in [0.2, 0.25) is 5.91 Å². The molecule has 2 aromatic heterocycles. The second-order valence-electron chi connectivity index (χ2n) is 6.66. The van der Waals surface area contributed by atoms with Crippen LogP contribution in [0.1, 0.15) is 23.1 Å². The summed E-state index contributed by atoms with van der Waals surface area (Å²) in [7, 11) is 1.57. The zero-order chi connectivity index (χ0) is 23.6. The Morgan fingerprint density at radius 3 is 2.58 bits per heavy atom. The van der Waals surface area contributed by atoms with Crippen LogP contribution in [0.15, 0.2) is 41.4 Å². The third-order valence-electron chi connectivity index (χ3n) is 4.38. The average molecular weight is 473 g/mol. The highest BCUT2D eigenvalue weighted by atomic mass is 32.2. The van der Waals surface area contributed by atoms with Crippen molar-refractivity contribution < 1.29 is 23.9 Å². The Kier molecular flexibility index (Phi) is 8.58. The van der Waals surface area contributed by atoms with Gasteiger partial charge in [0.1, 0.15) is 17.3 Å². The van der Waals surface area contributed by atoms with Gasteiger partial charge in [0.15, 0.2) is 11.5 Å². The lowest BCUT2D eigenvalue weighted by molar-refractivity contribution is -0.143. The molecule has 12 heteroatoms. The molecule has 174 valence electrons. The maximum atomic E-state index is 12.3. The van der Waals surface area contributed by atoms with Gasteiger partial charge in [-0.3, -0.25) is 14.4 Å². The molecule has 0 aliphatic heterocycles. The van der Waals surface area contributed by atoms with Crippen molar-refractivity contribution in [1.29, 1.82) is 0 Å². The van der Waals surface area contributed by atoms with Crippen LogP contribution in [-0.4, -0.2) is 70.2 Å². The number of nitrogens with one attached hydrogen (secondary N) is 2. The van der Waals surface area contributed by atoms with Crippen LogP contribution in [0.5, 0.6) is 5.75 Å². The first-order chi connectivity index (χ1) is 16.0. The number of hydrogen-bond donors (Lipinski definition) is 2. The average Bonchev–Trinajstić information content (AvgIpc) is 3.23. The minimum atomic E-state index is -0.483. The summed E-state index contributed by atoms with van der Waals surface area (Å²) in [6.45, 7) is 2.14. The van der Waals surface area contributed by atoms with E-state index >= 15 is 0 Å². The molecule has 2 heterocycles. The molecule has 0 aliphatic rings. The van der Waals surface area contributed by atoms with E-state index in [1.54, 1.807) is 54.9 Å². The van der Waals surface area contributed by atoms with Crippen molar-refractivity contribution in [1.82, 2.24) is 30.4 Å². The first-order valence-corrected chi connectivity index (χ1v) is 11.2. The molecular weight excluding hydrogens is 448 g/mol. The fourth-order valence-corrected chi connectivity index (χ4v) is 3.44. The third kappa shape index (κ3) is 6.91. The third-order valence-corrected chi connectivity index (χ3v) is 5.30. The topological polar surface area (TPSA) is 137 Å². The number of thioether (sulfide) groups is 1. The fraction of sp³-hybridized carbons (Fsp3) is 0.333. The molecule has 1 aromatic carbocycles. The second kappa shape index (κ2) is 11.8. The summed E-state index contributed by atoms with van der Waals surface area (Å²) in [5.74, 6) is 0.355. The Bertz CT molecular complexity index is 1120. The number of aromatic nitrogens is 4. The molecule has 0 spiro atoms. The van der Waals surface area contributed by atoms with Crippen LogP contribution in [0.25, 0.3) is 5.65 Å². The van der Waals surface area contributed by atoms with Gasteiger partial charge >= 0.3 is 5.97 Å². The highest BCUT2D eigenvalue weighted by Crippen LogP contribution is 2.16. The van der Waals surface area contributed by atoms with E-state index in [0.717, 1.165) is 0 Å². The van der Waals surface area contributed by atoms with Crippen molar-refractivity contribution in [3.05, 3.63) is 47.8 Å². The number of benzene rings is 1. The van der Waals surface area contributed by atoms with Gasteiger partial charge in [-0.05, 0) is 43.3 Å². The van der Waals surface area contributed by atoms with Crippen molar-refractivity contribution in [3.63, 3.8) is 0 Å². The number of rotatable bonds is 11. The number of methoxy groups -OCH3 is 1. The van der Waals surface area contributed by atoms with E-state index in [1.165, 1.54) is 11.8 Å². The van der Waals surface area contributed by atoms with E-state index in [1.807, 2.05) is 0 Å². The standard InChI is InChI=1S/C21H24N6O5S/c1-3-32-20(29)12-23-18(28)13-33-19-9-8-16-24-25-17(27(16)26-19)10-11-22-21(30)14-4-6-15(31-2)7-5-14/h4-9H,3,10-13H2,1-2H3,(H,22,30)(H,23,28). The van der Waals surface area contributed by atoms with Crippen LogP contribution >= 0.6 is 11.8 Å². The molecule has 0 aliphatic carbocycles. The molecule has 11 nitrogen and oxygen atoms in total. The van der Waals surface area contributed by atoms with Gasteiger partial charge in [-0.2, -0.15) is 9.61 Å². The molecule has 0 saturated carbocycles. The van der Waals surface area contributed by atoms with Crippen LogP contribution in [0.2, 0.25) is 0 Å². The molecule has 2 amide bonds. The van der Waals surface area contributed by atoms with E-state index in [2.05, 4.69) is 25.9 Å². The maximum Gasteiger partial charge on any atom is 0.325 e. The number of esters is 1. The first kappa shape index (κ1) is 24.0. The number of hydrogen-bond acceptors (Lipinski definition) is 9. The van der Waals surface area contributed by atoms with E-state index in [-0.39, 0.29) is 30.7 Å². The Hall–Kier alpha value is -3.67. The minimum Gasteiger partial charge on any atom is -0.497 e. The largest absolute Gasteiger partial charge is 0.497 e.